The predicted molar refractivity (Wildman–Crippen MR) is 113 cm³/mol. The molecule has 2 aromatic heterocycles. The predicted octanol–water partition coefficient (Wildman–Crippen LogP) is 3.45. The lowest BCUT2D eigenvalue weighted by Crippen LogP contribution is -2.43. The topological polar surface area (TPSA) is 84.4 Å². The summed E-state index contributed by atoms with van der Waals surface area (Å²) in [5.41, 5.74) is 0.871. The zero-order chi connectivity index (χ0) is 20.2. The van der Waals surface area contributed by atoms with Crippen molar-refractivity contribution in [2.75, 3.05) is 19.0 Å². The summed E-state index contributed by atoms with van der Waals surface area (Å²) >= 11 is 2.85. The van der Waals surface area contributed by atoms with E-state index in [1.54, 1.807) is 23.3 Å². The Morgan fingerprint density at radius 1 is 1.28 bits per heavy atom. The average molecular weight is 429 g/mol. The monoisotopic (exact) mass is 428 g/mol. The Morgan fingerprint density at radius 2 is 2.17 bits per heavy atom. The van der Waals surface area contributed by atoms with E-state index >= 15 is 0 Å². The van der Waals surface area contributed by atoms with E-state index in [1.165, 1.54) is 11.3 Å². The Morgan fingerprint density at radius 3 is 2.97 bits per heavy atom. The first-order valence-electron chi connectivity index (χ1n) is 9.24. The molecule has 3 aromatic rings. The van der Waals surface area contributed by atoms with Crippen LogP contribution in [0.15, 0.2) is 41.8 Å². The van der Waals surface area contributed by atoms with E-state index in [2.05, 4.69) is 15.5 Å². The minimum Gasteiger partial charge on any atom is -0.497 e. The molecule has 29 heavy (non-hydrogen) atoms. The van der Waals surface area contributed by atoms with Crippen LogP contribution in [0.1, 0.15) is 17.7 Å². The van der Waals surface area contributed by atoms with Crippen molar-refractivity contribution >= 4 is 39.6 Å². The van der Waals surface area contributed by atoms with Crippen molar-refractivity contribution in [1.29, 1.82) is 0 Å². The van der Waals surface area contributed by atoms with E-state index in [-0.39, 0.29) is 11.8 Å². The normalized spacial score (nSPS) is 16.0. The molecule has 150 valence electrons. The summed E-state index contributed by atoms with van der Waals surface area (Å²) in [5, 5.41) is 14.1. The van der Waals surface area contributed by atoms with Crippen molar-refractivity contribution in [2.24, 2.45) is 0 Å². The first-order valence-corrected chi connectivity index (χ1v) is 10.9. The number of nitrogens with one attached hydrogen (secondary N) is 1. The molecule has 4 rings (SSSR count). The number of anilines is 1. The molecule has 0 spiro atoms. The van der Waals surface area contributed by atoms with Gasteiger partial charge in [0.1, 0.15) is 16.8 Å². The van der Waals surface area contributed by atoms with Crippen molar-refractivity contribution in [1.82, 2.24) is 15.1 Å². The number of carbonyl (C=O) groups excluding carboxylic acids is 2. The lowest BCUT2D eigenvalue weighted by Gasteiger charge is -2.23. The number of ether oxygens (including phenoxy) is 1. The Hall–Kier alpha value is -2.78. The highest BCUT2D eigenvalue weighted by Crippen LogP contribution is 2.29. The molecule has 0 bridgehead atoms. The Balaban J connectivity index is 1.42. The fourth-order valence-electron chi connectivity index (χ4n) is 3.34. The molecule has 1 N–H and O–H groups in total. The van der Waals surface area contributed by atoms with Crippen LogP contribution < -0.4 is 10.1 Å². The van der Waals surface area contributed by atoms with Crippen LogP contribution in [-0.4, -0.2) is 46.6 Å². The van der Waals surface area contributed by atoms with Gasteiger partial charge in [0.25, 0.3) is 0 Å². The summed E-state index contributed by atoms with van der Waals surface area (Å²) in [7, 11) is 1.61. The second-order valence-electron chi connectivity index (χ2n) is 6.63. The van der Waals surface area contributed by atoms with Gasteiger partial charge in [-0.1, -0.05) is 29.5 Å². The number of benzene rings is 1. The van der Waals surface area contributed by atoms with Crippen molar-refractivity contribution in [3.63, 3.8) is 0 Å². The van der Waals surface area contributed by atoms with E-state index in [0.717, 1.165) is 22.6 Å². The molecule has 1 unspecified atom stereocenters. The second-order valence-corrected chi connectivity index (χ2v) is 8.64. The molecular weight excluding hydrogens is 408 g/mol. The molecule has 3 heterocycles. The highest BCUT2D eigenvalue weighted by atomic mass is 32.1. The Kier molecular flexibility index (Phi) is 5.86. The lowest BCUT2D eigenvalue weighted by molar-refractivity contribution is -0.136. The second kappa shape index (κ2) is 8.71. The third-order valence-electron chi connectivity index (χ3n) is 4.75. The molecular formula is C20H20N4O3S2. The summed E-state index contributed by atoms with van der Waals surface area (Å²) in [6.45, 7) is 0.605. The van der Waals surface area contributed by atoms with Crippen LogP contribution >= 0.6 is 22.7 Å². The van der Waals surface area contributed by atoms with Crippen molar-refractivity contribution < 1.29 is 14.3 Å². The summed E-state index contributed by atoms with van der Waals surface area (Å²) in [5.74, 6) is 0.504. The SMILES string of the molecule is COc1cccc(-c2nnc(NC(=O)C3CCCN3C(=O)Cc3cccs3)s2)c1. The van der Waals surface area contributed by atoms with E-state index in [1.807, 2.05) is 41.8 Å². The van der Waals surface area contributed by atoms with Crippen LogP contribution in [0.4, 0.5) is 5.13 Å². The molecule has 9 heteroatoms. The minimum absolute atomic E-state index is 0.0144. The van der Waals surface area contributed by atoms with E-state index in [9.17, 15) is 9.59 Å². The lowest BCUT2D eigenvalue weighted by atomic mass is 10.2. The average Bonchev–Trinajstić information content (AvgIpc) is 3.49. The fraction of sp³-hybridized carbons (Fsp3) is 0.300. The van der Waals surface area contributed by atoms with E-state index < -0.39 is 6.04 Å². The fourth-order valence-corrected chi connectivity index (χ4v) is 4.78. The molecule has 0 radical (unpaired) electrons. The van der Waals surface area contributed by atoms with Gasteiger partial charge in [-0.05, 0) is 36.4 Å². The number of hydrogen-bond acceptors (Lipinski definition) is 7. The van der Waals surface area contributed by atoms with Crippen molar-refractivity contribution in [2.45, 2.75) is 25.3 Å². The van der Waals surface area contributed by atoms with Crippen molar-refractivity contribution in [3.05, 3.63) is 46.7 Å². The number of methoxy groups -OCH3 is 1. The van der Waals surface area contributed by atoms with Gasteiger partial charge < -0.3 is 9.64 Å². The number of hydrogen-bond donors (Lipinski definition) is 1. The molecule has 1 aliphatic heterocycles. The van der Waals surface area contributed by atoms with Gasteiger partial charge in [0.05, 0.1) is 13.5 Å². The highest BCUT2D eigenvalue weighted by Gasteiger charge is 2.34. The quantitative estimate of drug-likeness (QED) is 0.650. The number of thiophene rings is 1. The first-order chi connectivity index (χ1) is 14.1. The third-order valence-corrected chi connectivity index (χ3v) is 6.52. The standard InChI is InChI=1S/C20H20N4O3S2/c1-27-14-6-2-5-13(11-14)19-22-23-20(29-19)21-18(26)16-8-3-9-24(16)17(25)12-15-7-4-10-28-15/h2,4-7,10-11,16H,3,8-9,12H2,1H3,(H,21,23,26). The molecule has 0 aliphatic carbocycles. The van der Waals surface area contributed by atoms with Gasteiger partial charge in [0.2, 0.25) is 16.9 Å². The molecule has 0 saturated carbocycles. The van der Waals surface area contributed by atoms with E-state index in [4.69, 9.17) is 4.74 Å². The van der Waals surface area contributed by atoms with Crippen molar-refractivity contribution in [3.8, 4) is 16.3 Å². The van der Waals surface area contributed by atoms with Gasteiger partial charge in [-0.2, -0.15) is 0 Å². The summed E-state index contributed by atoms with van der Waals surface area (Å²) in [6.07, 6.45) is 1.81. The number of amides is 2. The van der Waals surface area contributed by atoms with Crippen LogP contribution in [0.2, 0.25) is 0 Å². The third kappa shape index (κ3) is 4.46. The maximum Gasteiger partial charge on any atom is 0.249 e. The highest BCUT2D eigenvalue weighted by molar-refractivity contribution is 7.18. The van der Waals surface area contributed by atoms with Gasteiger partial charge in [-0.3, -0.25) is 14.9 Å². The Bertz CT molecular complexity index is 1000. The largest absolute Gasteiger partial charge is 0.497 e. The van der Waals surface area contributed by atoms with Gasteiger partial charge in [-0.25, -0.2) is 0 Å². The number of nitrogens with zero attached hydrogens (tertiary/aromatic N) is 3. The molecule has 1 aromatic carbocycles. The molecule has 1 saturated heterocycles. The Labute approximate surface area is 176 Å². The summed E-state index contributed by atoms with van der Waals surface area (Å²) in [4.78, 5) is 28.1. The van der Waals surface area contributed by atoms with E-state index in [0.29, 0.717) is 29.5 Å². The number of likely N-dealkylation sites (tertiary alicyclic amines) is 1. The maximum absolute atomic E-state index is 12.8. The number of aromatic nitrogens is 2. The molecule has 1 atom stereocenters. The van der Waals surface area contributed by atoms with Gasteiger partial charge in [0, 0.05) is 17.0 Å². The first kappa shape index (κ1) is 19.5. The van der Waals surface area contributed by atoms with Crippen LogP contribution in [0.5, 0.6) is 5.75 Å². The van der Waals surface area contributed by atoms with Gasteiger partial charge in [-0.15, -0.1) is 21.5 Å². The van der Waals surface area contributed by atoms with Crippen LogP contribution in [-0.2, 0) is 16.0 Å². The zero-order valence-electron chi connectivity index (χ0n) is 15.8. The number of carbonyl (C=O) groups is 2. The maximum atomic E-state index is 12.8. The molecule has 7 nitrogen and oxygen atoms in total. The summed E-state index contributed by atoms with van der Waals surface area (Å²) in [6, 6.07) is 10.9. The zero-order valence-corrected chi connectivity index (χ0v) is 17.5. The summed E-state index contributed by atoms with van der Waals surface area (Å²) < 4.78 is 5.24. The van der Waals surface area contributed by atoms with Crippen LogP contribution in [0.25, 0.3) is 10.6 Å². The molecule has 1 fully saturated rings. The molecule has 1 aliphatic rings. The number of rotatable bonds is 6. The smallest absolute Gasteiger partial charge is 0.249 e. The molecule has 2 amide bonds. The van der Waals surface area contributed by atoms with Gasteiger partial charge >= 0.3 is 0 Å². The van der Waals surface area contributed by atoms with Gasteiger partial charge in [0.15, 0.2) is 0 Å². The van der Waals surface area contributed by atoms with Crippen LogP contribution in [0.3, 0.4) is 0 Å². The minimum atomic E-state index is -0.466. The van der Waals surface area contributed by atoms with Crippen LogP contribution in [0, 0.1) is 0 Å².